The summed E-state index contributed by atoms with van der Waals surface area (Å²) in [4.78, 5) is 33.8. The highest BCUT2D eigenvalue weighted by molar-refractivity contribution is 6.32. The van der Waals surface area contributed by atoms with Crippen LogP contribution in [0, 0.1) is 0 Å². The second-order valence-electron chi connectivity index (χ2n) is 4.23. The predicted octanol–water partition coefficient (Wildman–Crippen LogP) is 0.127. The first-order chi connectivity index (χ1) is 9.88. The number of primary amides is 1. The quantitative estimate of drug-likeness (QED) is 0.708. The summed E-state index contributed by atoms with van der Waals surface area (Å²) >= 11 is 5.93. The van der Waals surface area contributed by atoms with Crippen molar-refractivity contribution in [2.45, 2.75) is 12.5 Å². The highest BCUT2D eigenvalue weighted by Gasteiger charge is 2.25. The second kappa shape index (κ2) is 5.88. The van der Waals surface area contributed by atoms with Gasteiger partial charge >= 0.3 is 5.97 Å². The molecule has 0 bridgehead atoms. The van der Waals surface area contributed by atoms with E-state index in [1.807, 2.05) is 0 Å². The first-order valence-corrected chi connectivity index (χ1v) is 6.17. The van der Waals surface area contributed by atoms with E-state index in [1.165, 1.54) is 12.1 Å². The second-order valence-corrected chi connectivity index (χ2v) is 4.63. The van der Waals surface area contributed by atoms with Crippen LogP contribution >= 0.6 is 11.6 Å². The molecule has 0 radical (unpaired) electrons. The highest BCUT2D eigenvalue weighted by Crippen LogP contribution is 2.39. The van der Waals surface area contributed by atoms with E-state index in [4.69, 9.17) is 31.9 Å². The normalized spacial score (nSPS) is 13.6. The van der Waals surface area contributed by atoms with Crippen molar-refractivity contribution in [3.05, 3.63) is 22.7 Å². The molecule has 0 aromatic heterocycles. The predicted molar refractivity (Wildman–Crippen MR) is 70.3 cm³/mol. The van der Waals surface area contributed by atoms with Crippen LogP contribution in [0.15, 0.2) is 12.1 Å². The molecule has 0 unspecified atom stereocenters. The van der Waals surface area contributed by atoms with Gasteiger partial charge in [0.1, 0.15) is 6.04 Å². The number of carbonyl (C=O) groups excluding carboxylic acids is 2. The fraction of sp³-hybridized carbons (Fsp3) is 0.250. The smallest absolute Gasteiger partial charge is 0.326 e. The lowest BCUT2D eigenvalue weighted by Gasteiger charge is -2.13. The maximum atomic E-state index is 12.0. The molecule has 1 atom stereocenters. The van der Waals surface area contributed by atoms with Crippen LogP contribution in [0.5, 0.6) is 11.5 Å². The molecule has 4 N–H and O–H groups in total. The van der Waals surface area contributed by atoms with Crippen LogP contribution in [0.25, 0.3) is 0 Å². The summed E-state index contributed by atoms with van der Waals surface area (Å²) in [5.74, 6) is -2.32. The number of fused-ring (bicyclic) bond motifs is 1. The van der Waals surface area contributed by atoms with E-state index in [0.29, 0.717) is 5.75 Å². The molecule has 1 aliphatic heterocycles. The van der Waals surface area contributed by atoms with Gasteiger partial charge in [-0.2, -0.15) is 0 Å². The number of halogens is 1. The lowest BCUT2D eigenvalue weighted by Crippen LogP contribution is -2.43. The van der Waals surface area contributed by atoms with Crippen LogP contribution in [0.4, 0.5) is 0 Å². The summed E-state index contributed by atoms with van der Waals surface area (Å²) in [5, 5.41) is 11.3. The maximum Gasteiger partial charge on any atom is 0.326 e. The van der Waals surface area contributed by atoms with Crippen molar-refractivity contribution >= 4 is 29.4 Å². The molecule has 1 aromatic rings. The molecule has 1 heterocycles. The minimum absolute atomic E-state index is 0.0143. The van der Waals surface area contributed by atoms with E-state index < -0.39 is 30.2 Å². The molecular weight excluding hydrogens is 304 g/mol. The molecular formula is C12H11ClN2O6. The minimum Gasteiger partial charge on any atom is -0.480 e. The Morgan fingerprint density at radius 3 is 2.71 bits per heavy atom. The average molecular weight is 315 g/mol. The van der Waals surface area contributed by atoms with Gasteiger partial charge < -0.3 is 25.6 Å². The van der Waals surface area contributed by atoms with Gasteiger partial charge in [0.2, 0.25) is 12.7 Å². The summed E-state index contributed by atoms with van der Waals surface area (Å²) in [7, 11) is 0. The fourth-order valence-electron chi connectivity index (χ4n) is 1.74. The Labute approximate surface area is 123 Å². The van der Waals surface area contributed by atoms with Gasteiger partial charge in [0.05, 0.1) is 11.4 Å². The van der Waals surface area contributed by atoms with Gasteiger partial charge in [-0.05, 0) is 12.1 Å². The number of aliphatic carboxylic acids is 1. The van der Waals surface area contributed by atoms with Crippen LogP contribution in [0.2, 0.25) is 5.02 Å². The molecule has 1 aromatic carbocycles. The molecule has 8 nitrogen and oxygen atoms in total. The Bertz CT molecular complexity index is 618. The zero-order valence-electron chi connectivity index (χ0n) is 10.6. The Balaban J connectivity index is 2.18. The summed E-state index contributed by atoms with van der Waals surface area (Å²) in [6.07, 6.45) is -0.515. The third-order valence-corrected chi connectivity index (χ3v) is 2.98. The SMILES string of the molecule is NC(=O)C[C@H](NC(=O)c1cc(Cl)c2c(c1)OCO2)C(=O)O. The fourth-order valence-corrected chi connectivity index (χ4v) is 2.01. The summed E-state index contributed by atoms with van der Waals surface area (Å²) in [6.45, 7) is -0.0143. The Hall–Kier alpha value is -2.48. The first-order valence-electron chi connectivity index (χ1n) is 5.79. The zero-order chi connectivity index (χ0) is 15.6. The summed E-state index contributed by atoms with van der Waals surface area (Å²) in [6, 6.07) is 1.26. The molecule has 21 heavy (non-hydrogen) atoms. The number of amides is 2. The third-order valence-electron chi connectivity index (χ3n) is 2.70. The van der Waals surface area contributed by atoms with Crippen molar-refractivity contribution in [1.29, 1.82) is 0 Å². The van der Waals surface area contributed by atoms with Gasteiger partial charge in [0.15, 0.2) is 11.5 Å². The number of carboxylic acid groups (broad SMARTS) is 1. The monoisotopic (exact) mass is 314 g/mol. The van der Waals surface area contributed by atoms with Gasteiger partial charge in [-0.15, -0.1) is 0 Å². The van der Waals surface area contributed by atoms with Crippen LogP contribution in [0.3, 0.4) is 0 Å². The van der Waals surface area contributed by atoms with Gasteiger partial charge in [0, 0.05) is 5.56 Å². The van der Waals surface area contributed by atoms with Gasteiger partial charge in [-0.3, -0.25) is 9.59 Å². The molecule has 0 saturated carbocycles. The lowest BCUT2D eigenvalue weighted by molar-refractivity contribution is -0.140. The standard InChI is InChI=1S/C12H11ClN2O6/c13-6-1-5(2-8-10(6)21-4-20-8)11(17)15-7(12(18)19)3-9(14)16/h1-2,7H,3-4H2,(H2,14,16)(H,15,17)(H,18,19)/t7-/m0/s1. The van der Waals surface area contributed by atoms with E-state index >= 15 is 0 Å². The zero-order valence-corrected chi connectivity index (χ0v) is 11.3. The molecule has 0 spiro atoms. The average Bonchev–Trinajstić information content (AvgIpc) is 2.85. The Morgan fingerprint density at radius 2 is 2.10 bits per heavy atom. The van der Waals surface area contributed by atoms with Crippen molar-refractivity contribution < 1.29 is 29.0 Å². The van der Waals surface area contributed by atoms with Gasteiger partial charge in [0.25, 0.3) is 5.91 Å². The Kier molecular flexibility index (Phi) is 4.18. The molecule has 2 amide bonds. The highest BCUT2D eigenvalue weighted by atomic mass is 35.5. The number of hydrogen-bond donors (Lipinski definition) is 3. The number of ether oxygens (including phenoxy) is 2. The number of carbonyl (C=O) groups is 3. The van der Waals surface area contributed by atoms with Crippen LogP contribution in [0.1, 0.15) is 16.8 Å². The van der Waals surface area contributed by atoms with Crippen molar-refractivity contribution in [2.75, 3.05) is 6.79 Å². The maximum absolute atomic E-state index is 12.0. The number of nitrogens with one attached hydrogen (secondary N) is 1. The first kappa shape index (κ1) is 14.9. The van der Waals surface area contributed by atoms with Crippen molar-refractivity contribution in [2.24, 2.45) is 5.73 Å². The van der Waals surface area contributed by atoms with E-state index in [9.17, 15) is 14.4 Å². The van der Waals surface area contributed by atoms with Crippen molar-refractivity contribution in [3.63, 3.8) is 0 Å². The molecule has 0 saturated heterocycles. The van der Waals surface area contributed by atoms with E-state index in [-0.39, 0.29) is 23.1 Å². The van der Waals surface area contributed by atoms with Gasteiger partial charge in [-0.25, -0.2) is 4.79 Å². The largest absolute Gasteiger partial charge is 0.480 e. The van der Waals surface area contributed by atoms with Crippen LogP contribution < -0.4 is 20.5 Å². The summed E-state index contributed by atoms with van der Waals surface area (Å²) in [5.41, 5.74) is 5.02. The number of carboxylic acids is 1. The summed E-state index contributed by atoms with van der Waals surface area (Å²) < 4.78 is 10.2. The van der Waals surface area contributed by atoms with Gasteiger partial charge in [-0.1, -0.05) is 11.6 Å². The van der Waals surface area contributed by atoms with E-state index in [2.05, 4.69) is 5.32 Å². The molecule has 2 rings (SSSR count). The molecule has 112 valence electrons. The molecule has 0 aliphatic carbocycles. The van der Waals surface area contributed by atoms with E-state index in [0.717, 1.165) is 0 Å². The number of hydrogen-bond acceptors (Lipinski definition) is 5. The number of nitrogens with two attached hydrogens (primary N) is 1. The molecule has 9 heteroatoms. The minimum atomic E-state index is -1.42. The Morgan fingerprint density at radius 1 is 1.38 bits per heavy atom. The van der Waals surface area contributed by atoms with Crippen LogP contribution in [-0.4, -0.2) is 35.7 Å². The third kappa shape index (κ3) is 3.34. The lowest BCUT2D eigenvalue weighted by atomic mass is 10.1. The molecule has 1 aliphatic rings. The number of rotatable bonds is 5. The molecule has 0 fully saturated rings. The number of benzene rings is 1. The van der Waals surface area contributed by atoms with Crippen LogP contribution in [-0.2, 0) is 9.59 Å². The van der Waals surface area contributed by atoms with Crippen molar-refractivity contribution in [3.8, 4) is 11.5 Å². The van der Waals surface area contributed by atoms with E-state index in [1.54, 1.807) is 0 Å². The van der Waals surface area contributed by atoms with Crippen molar-refractivity contribution in [1.82, 2.24) is 5.32 Å². The topological polar surface area (TPSA) is 128 Å².